The lowest BCUT2D eigenvalue weighted by atomic mass is 10.0. The summed E-state index contributed by atoms with van der Waals surface area (Å²) in [7, 11) is 0. The number of halogens is 8. The molecule has 3 aromatic rings. The largest absolute Gasteiger partial charge is 0.416 e. The summed E-state index contributed by atoms with van der Waals surface area (Å²) in [4.78, 5) is 22.8. The van der Waals surface area contributed by atoms with Gasteiger partial charge in [-0.25, -0.2) is 9.97 Å². The average Bonchev–Trinajstić information content (AvgIpc) is 2.81. The molecule has 1 heterocycles. The highest BCUT2D eigenvalue weighted by atomic mass is 35.5. The minimum atomic E-state index is -5.00. The number of nitrogens with zero attached hydrogens (tertiary/aromatic N) is 3. The number of hydrogen-bond acceptors (Lipinski definition) is 3. The Bertz CT molecular complexity index is 1200. The Kier molecular flexibility index (Phi) is 7.96. The maximum absolute atomic E-state index is 13.4. The highest BCUT2D eigenvalue weighted by molar-refractivity contribution is 6.33. The first-order valence-corrected chi connectivity index (χ1v) is 11.0. The lowest BCUT2D eigenvalue weighted by Gasteiger charge is -2.23. The molecule has 186 valence electrons. The van der Waals surface area contributed by atoms with E-state index in [2.05, 4.69) is 9.97 Å². The second-order valence-electron chi connectivity index (χ2n) is 7.40. The number of amides is 1. The van der Waals surface area contributed by atoms with Crippen LogP contribution in [0.25, 0.3) is 11.1 Å². The third-order valence-corrected chi connectivity index (χ3v) is 5.58. The van der Waals surface area contributed by atoms with Crippen LogP contribution in [-0.2, 0) is 24.8 Å². The number of carbonyl (C=O) groups is 1. The minimum absolute atomic E-state index is 0.0292. The monoisotopic (exact) mass is 535 g/mol. The van der Waals surface area contributed by atoms with Gasteiger partial charge in [-0.05, 0) is 36.8 Å². The molecule has 2 aromatic carbocycles. The molecule has 0 radical (unpaired) electrons. The van der Waals surface area contributed by atoms with Crippen molar-refractivity contribution in [1.29, 1.82) is 0 Å². The molecule has 0 aliphatic heterocycles. The van der Waals surface area contributed by atoms with E-state index in [4.69, 9.17) is 23.2 Å². The van der Waals surface area contributed by atoms with Gasteiger partial charge in [0.1, 0.15) is 11.5 Å². The fourth-order valence-corrected chi connectivity index (χ4v) is 3.70. The van der Waals surface area contributed by atoms with Crippen molar-refractivity contribution in [3.63, 3.8) is 0 Å². The third-order valence-electron chi connectivity index (χ3n) is 5.01. The maximum atomic E-state index is 13.4. The van der Waals surface area contributed by atoms with E-state index in [0.29, 0.717) is 22.7 Å². The van der Waals surface area contributed by atoms with Crippen molar-refractivity contribution in [3.8, 4) is 11.1 Å². The van der Waals surface area contributed by atoms with E-state index in [9.17, 15) is 31.1 Å². The summed E-state index contributed by atoms with van der Waals surface area (Å²) in [6.45, 7) is 0.984. The van der Waals surface area contributed by atoms with E-state index in [-0.39, 0.29) is 41.1 Å². The number of rotatable bonds is 6. The lowest BCUT2D eigenvalue weighted by molar-refractivity contribution is -0.143. The normalized spacial score (nSPS) is 12.0. The Morgan fingerprint density at radius 2 is 1.57 bits per heavy atom. The highest BCUT2D eigenvalue weighted by Crippen LogP contribution is 2.37. The standard InChI is InChI=1S/C23H17Cl2F6N3O/c1-2-34(12-13-7-14(22(26,27)28)9-15(8-13)23(29,30)31)21(35)20-17(11-32-19(10-24)33-20)16-5-3-4-6-18(16)25/h3-9,11H,2,10,12H2,1H3. The second kappa shape index (κ2) is 10.4. The number of alkyl halides is 7. The van der Waals surface area contributed by atoms with Crippen LogP contribution < -0.4 is 0 Å². The van der Waals surface area contributed by atoms with E-state index < -0.39 is 35.9 Å². The predicted molar refractivity (Wildman–Crippen MR) is 119 cm³/mol. The Morgan fingerprint density at radius 3 is 2.09 bits per heavy atom. The molecule has 12 heteroatoms. The SMILES string of the molecule is CCN(Cc1cc(C(F)(F)F)cc(C(F)(F)F)c1)C(=O)c1nc(CCl)ncc1-c1ccccc1Cl. The number of benzene rings is 2. The molecule has 0 spiro atoms. The van der Waals surface area contributed by atoms with Crippen molar-refractivity contribution in [1.82, 2.24) is 14.9 Å². The molecule has 4 nitrogen and oxygen atoms in total. The zero-order valence-corrected chi connectivity index (χ0v) is 19.5. The summed E-state index contributed by atoms with van der Waals surface area (Å²) < 4.78 is 79.5. The fraction of sp³-hybridized carbons (Fsp3) is 0.261. The van der Waals surface area contributed by atoms with E-state index in [0.717, 1.165) is 4.90 Å². The van der Waals surface area contributed by atoms with Gasteiger partial charge in [0.05, 0.1) is 17.0 Å². The summed E-state index contributed by atoms with van der Waals surface area (Å²) in [5.74, 6) is -0.750. The van der Waals surface area contributed by atoms with Gasteiger partial charge in [-0.2, -0.15) is 26.3 Å². The average molecular weight is 536 g/mol. The molecule has 1 amide bonds. The van der Waals surface area contributed by atoms with Gasteiger partial charge in [-0.1, -0.05) is 29.8 Å². The molecule has 0 atom stereocenters. The molecule has 0 saturated carbocycles. The smallest absolute Gasteiger partial charge is 0.333 e. The van der Waals surface area contributed by atoms with Gasteiger partial charge in [0.2, 0.25) is 0 Å². The predicted octanol–water partition coefficient (Wildman–Crippen LogP) is 7.24. The molecule has 3 rings (SSSR count). The van der Waals surface area contributed by atoms with Crippen molar-refractivity contribution in [3.05, 3.63) is 81.9 Å². The summed E-state index contributed by atoms with van der Waals surface area (Å²) in [6.07, 6.45) is -8.66. The molecule has 0 unspecified atom stereocenters. The third kappa shape index (κ3) is 6.24. The topological polar surface area (TPSA) is 46.1 Å². The molecule has 0 bridgehead atoms. The van der Waals surface area contributed by atoms with Crippen LogP contribution in [-0.4, -0.2) is 27.3 Å². The number of aromatic nitrogens is 2. The van der Waals surface area contributed by atoms with Crippen LogP contribution in [0.3, 0.4) is 0 Å². The first kappa shape index (κ1) is 26.7. The Morgan fingerprint density at radius 1 is 0.971 bits per heavy atom. The van der Waals surface area contributed by atoms with Gasteiger partial charge in [0.25, 0.3) is 5.91 Å². The van der Waals surface area contributed by atoms with Crippen LogP contribution in [0.1, 0.15) is 39.9 Å². The van der Waals surface area contributed by atoms with Crippen molar-refractivity contribution < 1.29 is 31.1 Å². The molecule has 1 aromatic heterocycles. The van der Waals surface area contributed by atoms with Crippen LogP contribution in [0.15, 0.2) is 48.7 Å². The second-order valence-corrected chi connectivity index (χ2v) is 8.07. The molecule has 0 saturated heterocycles. The Balaban J connectivity index is 2.07. The Hall–Kier alpha value is -2.85. The highest BCUT2D eigenvalue weighted by Gasteiger charge is 2.37. The van der Waals surface area contributed by atoms with Gasteiger partial charge < -0.3 is 4.90 Å². The van der Waals surface area contributed by atoms with E-state index in [1.54, 1.807) is 24.3 Å². The van der Waals surface area contributed by atoms with Gasteiger partial charge in [0.15, 0.2) is 0 Å². The summed E-state index contributed by atoms with van der Waals surface area (Å²) >= 11 is 12.1. The van der Waals surface area contributed by atoms with Crippen LogP contribution in [0, 0.1) is 0 Å². The van der Waals surface area contributed by atoms with Gasteiger partial charge >= 0.3 is 12.4 Å². The van der Waals surface area contributed by atoms with E-state index in [1.807, 2.05) is 0 Å². The van der Waals surface area contributed by atoms with Crippen LogP contribution in [0.4, 0.5) is 26.3 Å². The van der Waals surface area contributed by atoms with Crippen molar-refractivity contribution in [2.75, 3.05) is 6.54 Å². The molecule has 0 fully saturated rings. The summed E-state index contributed by atoms with van der Waals surface area (Å²) in [5, 5.41) is 0.291. The fourth-order valence-electron chi connectivity index (χ4n) is 3.33. The molecular formula is C23H17Cl2F6N3O. The van der Waals surface area contributed by atoms with Crippen molar-refractivity contribution >= 4 is 29.1 Å². The van der Waals surface area contributed by atoms with Crippen LogP contribution in [0.2, 0.25) is 5.02 Å². The molecule has 35 heavy (non-hydrogen) atoms. The Labute approximate surface area is 206 Å². The van der Waals surface area contributed by atoms with E-state index >= 15 is 0 Å². The maximum Gasteiger partial charge on any atom is 0.416 e. The van der Waals surface area contributed by atoms with Gasteiger partial charge in [-0.15, -0.1) is 11.6 Å². The molecule has 0 aliphatic rings. The van der Waals surface area contributed by atoms with Crippen LogP contribution >= 0.6 is 23.2 Å². The van der Waals surface area contributed by atoms with Gasteiger partial charge in [-0.3, -0.25) is 4.79 Å². The van der Waals surface area contributed by atoms with Gasteiger partial charge in [0, 0.05) is 35.4 Å². The zero-order chi connectivity index (χ0) is 26.0. The van der Waals surface area contributed by atoms with Crippen molar-refractivity contribution in [2.45, 2.75) is 31.7 Å². The molecule has 0 N–H and O–H groups in total. The lowest BCUT2D eigenvalue weighted by Crippen LogP contribution is -2.32. The summed E-state index contributed by atoms with van der Waals surface area (Å²) in [5.41, 5.74) is -2.73. The quantitative estimate of drug-likeness (QED) is 0.247. The van der Waals surface area contributed by atoms with Crippen molar-refractivity contribution in [2.24, 2.45) is 0 Å². The van der Waals surface area contributed by atoms with E-state index in [1.165, 1.54) is 13.1 Å². The first-order chi connectivity index (χ1) is 16.3. The minimum Gasteiger partial charge on any atom is -0.333 e. The van der Waals surface area contributed by atoms with Crippen LogP contribution in [0.5, 0.6) is 0 Å². The molecule has 0 aliphatic carbocycles. The molecular weight excluding hydrogens is 519 g/mol. The number of hydrogen-bond donors (Lipinski definition) is 0. The summed E-state index contributed by atoms with van der Waals surface area (Å²) in [6, 6.07) is 7.76. The zero-order valence-electron chi connectivity index (χ0n) is 18.0. The number of carbonyl (C=O) groups excluding carboxylic acids is 1. The first-order valence-electron chi connectivity index (χ1n) is 10.1.